The number of amides is 1. The molecule has 0 aliphatic rings. The van der Waals surface area contributed by atoms with Crippen molar-refractivity contribution >= 4 is 17.7 Å². The first-order chi connectivity index (χ1) is 9.34. The molecule has 0 aliphatic heterocycles. The van der Waals surface area contributed by atoms with Crippen molar-refractivity contribution in [3.8, 4) is 0 Å². The lowest BCUT2D eigenvalue weighted by Gasteiger charge is -2.04. The van der Waals surface area contributed by atoms with Gasteiger partial charge in [0.25, 0.3) is 0 Å². The molecule has 2 aromatic rings. The molecule has 0 aliphatic carbocycles. The van der Waals surface area contributed by atoms with Crippen LogP contribution in [-0.2, 0) is 11.3 Å². The van der Waals surface area contributed by atoms with E-state index in [0.29, 0.717) is 13.0 Å². The third-order valence-corrected chi connectivity index (χ3v) is 3.31. The van der Waals surface area contributed by atoms with Crippen molar-refractivity contribution in [2.75, 3.05) is 12.3 Å². The summed E-state index contributed by atoms with van der Waals surface area (Å²) in [5.41, 5.74) is 0. The van der Waals surface area contributed by atoms with E-state index in [1.54, 1.807) is 12.5 Å². The van der Waals surface area contributed by atoms with E-state index in [0.717, 1.165) is 23.9 Å². The summed E-state index contributed by atoms with van der Waals surface area (Å²) in [5.74, 6) is 0.862. The summed E-state index contributed by atoms with van der Waals surface area (Å²) < 4.78 is 1.97. The number of carbonyl (C=O) groups excluding carboxylic acids is 1. The summed E-state index contributed by atoms with van der Waals surface area (Å²) >= 11 is 1.53. The first kappa shape index (κ1) is 13.6. The number of imidazole rings is 1. The second kappa shape index (κ2) is 7.57. The normalized spacial score (nSPS) is 10.5. The number of thioether (sulfide) groups is 1. The van der Waals surface area contributed by atoms with Crippen LogP contribution in [0, 0.1) is 0 Å². The zero-order valence-electron chi connectivity index (χ0n) is 10.5. The highest BCUT2D eigenvalue weighted by molar-refractivity contribution is 7.99. The average Bonchev–Trinajstić information content (AvgIpc) is 3.07. The molecule has 102 valence electrons. The molecule has 0 aromatic carbocycles. The molecule has 19 heavy (non-hydrogen) atoms. The van der Waals surface area contributed by atoms with Crippen LogP contribution in [0.5, 0.6) is 0 Å². The quantitative estimate of drug-likeness (QED) is 0.548. The summed E-state index contributed by atoms with van der Waals surface area (Å²) in [4.78, 5) is 19.5. The fourth-order valence-corrected chi connectivity index (χ4v) is 2.17. The summed E-state index contributed by atoms with van der Waals surface area (Å²) in [6, 6.07) is 0. The Bertz CT molecular complexity index is 469. The van der Waals surface area contributed by atoms with Gasteiger partial charge in [-0.1, -0.05) is 11.8 Å². The van der Waals surface area contributed by atoms with Crippen LogP contribution in [-0.4, -0.2) is 42.9 Å². The largest absolute Gasteiger partial charge is 0.355 e. The van der Waals surface area contributed by atoms with E-state index in [2.05, 4.69) is 25.5 Å². The number of aromatic amines is 1. The molecular weight excluding hydrogens is 264 g/mol. The molecule has 0 bridgehead atoms. The first-order valence-corrected chi connectivity index (χ1v) is 7.04. The van der Waals surface area contributed by atoms with Crippen molar-refractivity contribution in [1.29, 1.82) is 0 Å². The Hall–Kier alpha value is -1.83. The van der Waals surface area contributed by atoms with Crippen molar-refractivity contribution in [3.05, 3.63) is 25.0 Å². The Balaban J connectivity index is 1.50. The van der Waals surface area contributed by atoms with Crippen LogP contribution < -0.4 is 5.32 Å². The molecule has 0 saturated carbocycles. The number of nitrogens with zero attached hydrogens (tertiary/aromatic N) is 4. The predicted octanol–water partition coefficient (Wildman–Crippen LogP) is 0.690. The number of rotatable bonds is 8. The lowest BCUT2D eigenvalue weighted by atomic mass is 10.3. The maximum atomic E-state index is 11.6. The van der Waals surface area contributed by atoms with Crippen molar-refractivity contribution in [2.24, 2.45) is 0 Å². The lowest BCUT2D eigenvalue weighted by Crippen LogP contribution is -2.25. The SMILES string of the molecule is O=C(CCCn1ccnc1)NCCSc1ncn[nH]1. The number of aromatic nitrogens is 5. The summed E-state index contributed by atoms with van der Waals surface area (Å²) in [7, 11) is 0. The highest BCUT2D eigenvalue weighted by Crippen LogP contribution is 2.08. The minimum Gasteiger partial charge on any atom is -0.355 e. The first-order valence-electron chi connectivity index (χ1n) is 6.05. The van der Waals surface area contributed by atoms with Gasteiger partial charge in [-0.2, -0.15) is 5.10 Å². The molecule has 0 spiro atoms. The molecule has 2 heterocycles. The molecule has 7 nitrogen and oxygen atoms in total. The number of hydrogen-bond donors (Lipinski definition) is 2. The predicted molar refractivity (Wildman–Crippen MR) is 71.6 cm³/mol. The zero-order chi connectivity index (χ0) is 13.3. The van der Waals surface area contributed by atoms with Crippen LogP contribution in [0.3, 0.4) is 0 Å². The Labute approximate surface area is 115 Å². The van der Waals surface area contributed by atoms with Crippen LogP contribution in [0.4, 0.5) is 0 Å². The summed E-state index contributed by atoms with van der Waals surface area (Å²) in [5, 5.41) is 10.2. The third-order valence-electron chi connectivity index (χ3n) is 2.44. The van der Waals surface area contributed by atoms with E-state index >= 15 is 0 Å². The van der Waals surface area contributed by atoms with E-state index in [9.17, 15) is 4.79 Å². The van der Waals surface area contributed by atoms with E-state index < -0.39 is 0 Å². The van der Waals surface area contributed by atoms with Crippen LogP contribution in [0.2, 0.25) is 0 Å². The monoisotopic (exact) mass is 280 g/mol. The number of carbonyl (C=O) groups is 1. The van der Waals surface area contributed by atoms with Gasteiger partial charge in [0.2, 0.25) is 5.91 Å². The van der Waals surface area contributed by atoms with E-state index in [-0.39, 0.29) is 5.91 Å². The number of nitrogens with one attached hydrogen (secondary N) is 2. The second-order valence-electron chi connectivity index (χ2n) is 3.89. The maximum absolute atomic E-state index is 11.6. The van der Waals surface area contributed by atoms with Gasteiger partial charge in [0.1, 0.15) is 6.33 Å². The Morgan fingerprint density at radius 2 is 2.47 bits per heavy atom. The van der Waals surface area contributed by atoms with Crippen LogP contribution in [0.1, 0.15) is 12.8 Å². The fraction of sp³-hybridized carbons (Fsp3) is 0.455. The highest BCUT2D eigenvalue weighted by Gasteiger charge is 2.01. The smallest absolute Gasteiger partial charge is 0.220 e. The second-order valence-corrected chi connectivity index (χ2v) is 4.98. The lowest BCUT2D eigenvalue weighted by molar-refractivity contribution is -0.121. The highest BCUT2D eigenvalue weighted by atomic mass is 32.2. The minimum atomic E-state index is 0.0817. The van der Waals surface area contributed by atoms with Gasteiger partial charge < -0.3 is 9.88 Å². The van der Waals surface area contributed by atoms with E-state index in [1.165, 1.54) is 18.1 Å². The van der Waals surface area contributed by atoms with Gasteiger partial charge in [-0.05, 0) is 6.42 Å². The zero-order valence-corrected chi connectivity index (χ0v) is 11.3. The van der Waals surface area contributed by atoms with Crippen LogP contribution >= 0.6 is 11.8 Å². The Kier molecular flexibility index (Phi) is 5.42. The Morgan fingerprint density at radius 3 is 3.21 bits per heavy atom. The average molecular weight is 280 g/mol. The molecular formula is C11H16N6OS. The standard InChI is InChI=1S/C11H16N6OS/c18-10(2-1-5-17-6-3-12-9-17)13-4-7-19-11-14-8-15-16-11/h3,6,8-9H,1-2,4-5,7H2,(H,13,18)(H,14,15,16). The number of hydrogen-bond acceptors (Lipinski definition) is 5. The molecule has 2 aromatic heterocycles. The van der Waals surface area contributed by atoms with Gasteiger partial charge in [0, 0.05) is 37.7 Å². The molecule has 0 saturated heterocycles. The van der Waals surface area contributed by atoms with E-state index in [1.807, 2.05) is 10.8 Å². The van der Waals surface area contributed by atoms with Gasteiger partial charge in [0.05, 0.1) is 6.33 Å². The number of H-pyrrole nitrogens is 1. The van der Waals surface area contributed by atoms with Gasteiger partial charge in [-0.3, -0.25) is 9.89 Å². The molecule has 0 radical (unpaired) electrons. The molecule has 2 rings (SSSR count). The summed E-state index contributed by atoms with van der Waals surface area (Å²) in [6.45, 7) is 1.45. The fourth-order valence-electron chi connectivity index (χ4n) is 1.53. The van der Waals surface area contributed by atoms with Crippen molar-refractivity contribution in [3.63, 3.8) is 0 Å². The summed E-state index contributed by atoms with van der Waals surface area (Å²) in [6.07, 6.45) is 8.21. The van der Waals surface area contributed by atoms with Crippen molar-refractivity contribution < 1.29 is 4.79 Å². The molecule has 2 N–H and O–H groups in total. The minimum absolute atomic E-state index is 0.0817. The maximum Gasteiger partial charge on any atom is 0.220 e. The molecule has 0 unspecified atom stereocenters. The van der Waals surface area contributed by atoms with Gasteiger partial charge in [0.15, 0.2) is 5.16 Å². The van der Waals surface area contributed by atoms with E-state index in [4.69, 9.17) is 0 Å². The van der Waals surface area contributed by atoms with Crippen LogP contribution in [0.15, 0.2) is 30.2 Å². The molecule has 1 amide bonds. The number of aryl methyl sites for hydroxylation is 1. The van der Waals surface area contributed by atoms with Crippen molar-refractivity contribution in [2.45, 2.75) is 24.5 Å². The molecule has 0 atom stereocenters. The van der Waals surface area contributed by atoms with Crippen LogP contribution in [0.25, 0.3) is 0 Å². The van der Waals surface area contributed by atoms with Gasteiger partial charge >= 0.3 is 0 Å². The third kappa shape index (κ3) is 5.12. The van der Waals surface area contributed by atoms with Gasteiger partial charge in [-0.15, -0.1) is 0 Å². The molecule has 0 fully saturated rings. The van der Waals surface area contributed by atoms with Crippen molar-refractivity contribution in [1.82, 2.24) is 30.0 Å². The Morgan fingerprint density at radius 1 is 1.53 bits per heavy atom. The van der Waals surface area contributed by atoms with Gasteiger partial charge in [-0.25, -0.2) is 9.97 Å². The topological polar surface area (TPSA) is 88.5 Å². The molecule has 8 heteroatoms.